The normalized spacial score (nSPS) is 22.1. The molecule has 0 radical (unpaired) electrons. The molecule has 0 aliphatic carbocycles. The fraction of sp³-hybridized carbons (Fsp3) is 0.462. The minimum Gasteiger partial charge on any atom is -0.391 e. The third-order valence-electron chi connectivity index (χ3n) is 3.15. The van der Waals surface area contributed by atoms with Gasteiger partial charge in [0.05, 0.1) is 12.0 Å². The number of aliphatic hydroxyl groups excluding tert-OH is 1. The molecule has 1 aromatic carbocycles. The molecule has 3 heteroatoms. The van der Waals surface area contributed by atoms with Gasteiger partial charge < -0.3 is 10.0 Å². The molecular weight excluding hydrogens is 202 g/mol. The average molecular weight is 219 g/mol. The first-order chi connectivity index (χ1) is 7.68. The zero-order valence-corrected chi connectivity index (χ0v) is 9.47. The quantitative estimate of drug-likeness (QED) is 0.816. The number of hydrogen-bond donors (Lipinski definition) is 1. The molecule has 1 N–H and O–H groups in total. The van der Waals surface area contributed by atoms with E-state index in [1.165, 1.54) is 0 Å². The van der Waals surface area contributed by atoms with Crippen LogP contribution in [0.4, 0.5) is 0 Å². The highest BCUT2D eigenvalue weighted by atomic mass is 16.3. The van der Waals surface area contributed by atoms with Gasteiger partial charge in [-0.2, -0.15) is 0 Å². The van der Waals surface area contributed by atoms with E-state index in [-0.39, 0.29) is 17.9 Å². The van der Waals surface area contributed by atoms with Crippen LogP contribution in [-0.4, -0.2) is 35.1 Å². The van der Waals surface area contributed by atoms with Crippen molar-refractivity contribution in [1.29, 1.82) is 0 Å². The van der Waals surface area contributed by atoms with E-state index in [1.807, 2.05) is 37.3 Å². The lowest BCUT2D eigenvalue weighted by atomic mass is 10.00. The topological polar surface area (TPSA) is 40.5 Å². The van der Waals surface area contributed by atoms with Gasteiger partial charge in [-0.15, -0.1) is 0 Å². The zero-order chi connectivity index (χ0) is 11.5. The highest BCUT2D eigenvalue weighted by Gasteiger charge is 2.28. The van der Waals surface area contributed by atoms with E-state index in [1.54, 1.807) is 4.90 Å². The summed E-state index contributed by atoms with van der Waals surface area (Å²) >= 11 is 0. The van der Waals surface area contributed by atoms with Gasteiger partial charge in [0.1, 0.15) is 0 Å². The second kappa shape index (κ2) is 4.66. The van der Waals surface area contributed by atoms with Crippen LogP contribution in [0.3, 0.4) is 0 Å². The number of hydrogen-bond acceptors (Lipinski definition) is 2. The van der Waals surface area contributed by atoms with E-state index in [0.29, 0.717) is 19.5 Å². The molecular formula is C13H17NO2. The lowest BCUT2D eigenvalue weighted by molar-refractivity contribution is -0.131. The van der Waals surface area contributed by atoms with Gasteiger partial charge in [0, 0.05) is 13.1 Å². The van der Waals surface area contributed by atoms with Gasteiger partial charge in [0.2, 0.25) is 5.91 Å². The number of carbonyl (C=O) groups is 1. The SMILES string of the molecule is CC(C(=O)N1CC[C@@H](O)C1)c1ccccc1. The highest BCUT2D eigenvalue weighted by molar-refractivity contribution is 5.83. The maximum Gasteiger partial charge on any atom is 0.229 e. The maximum absolute atomic E-state index is 12.1. The van der Waals surface area contributed by atoms with Crippen LogP contribution >= 0.6 is 0 Å². The van der Waals surface area contributed by atoms with Crippen molar-refractivity contribution in [2.24, 2.45) is 0 Å². The number of benzene rings is 1. The lowest BCUT2D eigenvalue weighted by Crippen LogP contribution is -2.32. The predicted octanol–water partition coefficient (Wildman–Crippen LogP) is 1.38. The van der Waals surface area contributed by atoms with Gasteiger partial charge in [0.25, 0.3) is 0 Å². The van der Waals surface area contributed by atoms with Gasteiger partial charge in [0.15, 0.2) is 0 Å². The minimum absolute atomic E-state index is 0.114. The van der Waals surface area contributed by atoms with Crippen molar-refractivity contribution in [1.82, 2.24) is 4.90 Å². The van der Waals surface area contributed by atoms with Crippen LogP contribution in [0.15, 0.2) is 30.3 Å². The first-order valence-corrected chi connectivity index (χ1v) is 5.70. The fourth-order valence-electron chi connectivity index (χ4n) is 2.10. The van der Waals surface area contributed by atoms with E-state index in [2.05, 4.69) is 0 Å². The Hall–Kier alpha value is -1.35. The average Bonchev–Trinajstić information content (AvgIpc) is 2.75. The first kappa shape index (κ1) is 11.1. The Morgan fingerprint density at radius 1 is 1.44 bits per heavy atom. The summed E-state index contributed by atoms with van der Waals surface area (Å²) in [5.41, 5.74) is 1.04. The molecule has 0 spiro atoms. The van der Waals surface area contributed by atoms with Crippen molar-refractivity contribution in [3.8, 4) is 0 Å². The summed E-state index contributed by atoms with van der Waals surface area (Å²) in [4.78, 5) is 13.9. The van der Waals surface area contributed by atoms with Crippen molar-refractivity contribution >= 4 is 5.91 Å². The fourth-order valence-corrected chi connectivity index (χ4v) is 2.10. The number of rotatable bonds is 2. The Balaban J connectivity index is 2.05. The van der Waals surface area contributed by atoms with Crippen molar-refractivity contribution < 1.29 is 9.90 Å². The summed E-state index contributed by atoms with van der Waals surface area (Å²) in [6.07, 6.45) is 0.361. The second-order valence-corrected chi connectivity index (χ2v) is 4.36. The predicted molar refractivity (Wildman–Crippen MR) is 62.1 cm³/mol. The molecule has 1 heterocycles. The molecule has 0 bridgehead atoms. The number of nitrogens with zero attached hydrogens (tertiary/aromatic N) is 1. The Labute approximate surface area is 95.7 Å². The Bertz CT molecular complexity index is 363. The molecule has 1 saturated heterocycles. The molecule has 0 aromatic heterocycles. The van der Waals surface area contributed by atoms with Crippen LogP contribution in [0.1, 0.15) is 24.8 Å². The highest BCUT2D eigenvalue weighted by Crippen LogP contribution is 2.20. The molecule has 1 unspecified atom stereocenters. The van der Waals surface area contributed by atoms with E-state index in [4.69, 9.17) is 0 Å². The molecule has 1 fully saturated rings. The molecule has 2 rings (SSSR count). The van der Waals surface area contributed by atoms with Gasteiger partial charge >= 0.3 is 0 Å². The van der Waals surface area contributed by atoms with E-state index < -0.39 is 0 Å². The van der Waals surface area contributed by atoms with Crippen LogP contribution < -0.4 is 0 Å². The van der Waals surface area contributed by atoms with Crippen LogP contribution in [0.25, 0.3) is 0 Å². The van der Waals surface area contributed by atoms with Crippen LogP contribution in [0, 0.1) is 0 Å². The van der Waals surface area contributed by atoms with Crippen molar-refractivity contribution in [3.63, 3.8) is 0 Å². The third-order valence-corrected chi connectivity index (χ3v) is 3.15. The van der Waals surface area contributed by atoms with E-state index in [9.17, 15) is 9.90 Å². The molecule has 1 aliphatic heterocycles. The first-order valence-electron chi connectivity index (χ1n) is 5.70. The summed E-state index contributed by atoms with van der Waals surface area (Å²) in [6, 6.07) is 9.76. The molecule has 0 saturated carbocycles. The summed E-state index contributed by atoms with van der Waals surface area (Å²) in [7, 11) is 0. The van der Waals surface area contributed by atoms with Crippen molar-refractivity contribution in [2.75, 3.05) is 13.1 Å². The molecule has 1 amide bonds. The molecule has 1 aliphatic rings. The number of likely N-dealkylation sites (tertiary alicyclic amines) is 1. The van der Waals surface area contributed by atoms with Gasteiger partial charge in [-0.05, 0) is 18.9 Å². The number of carbonyl (C=O) groups excluding carboxylic acids is 1. The molecule has 1 aromatic rings. The number of β-amino-alcohol motifs (C(OH)–C–C–N with tert-alkyl or cyclic N) is 1. The monoisotopic (exact) mass is 219 g/mol. The standard InChI is InChI=1S/C13H17NO2/c1-10(11-5-3-2-4-6-11)13(16)14-8-7-12(15)9-14/h2-6,10,12,15H,7-9H2,1H3/t10?,12-/m1/s1. The van der Waals surface area contributed by atoms with Gasteiger partial charge in [-0.3, -0.25) is 4.79 Å². The Kier molecular flexibility index (Phi) is 3.25. The Morgan fingerprint density at radius 3 is 2.69 bits per heavy atom. The molecule has 2 atom stereocenters. The van der Waals surface area contributed by atoms with Crippen molar-refractivity contribution in [2.45, 2.75) is 25.4 Å². The van der Waals surface area contributed by atoms with Gasteiger partial charge in [-0.1, -0.05) is 30.3 Å². The maximum atomic E-state index is 12.1. The summed E-state index contributed by atoms with van der Waals surface area (Å²) in [5, 5.41) is 9.41. The smallest absolute Gasteiger partial charge is 0.229 e. The Morgan fingerprint density at radius 2 is 2.12 bits per heavy atom. The third kappa shape index (κ3) is 2.25. The molecule has 86 valence electrons. The number of aliphatic hydroxyl groups is 1. The minimum atomic E-state index is -0.341. The van der Waals surface area contributed by atoms with Crippen LogP contribution in [-0.2, 0) is 4.79 Å². The van der Waals surface area contributed by atoms with E-state index in [0.717, 1.165) is 5.56 Å². The van der Waals surface area contributed by atoms with Gasteiger partial charge in [-0.25, -0.2) is 0 Å². The van der Waals surface area contributed by atoms with Crippen molar-refractivity contribution in [3.05, 3.63) is 35.9 Å². The lowest BCUT2D eigenvalue weighted by Gasteiger charge is -2.20. The van der Waals surface area contributed by atoms with E-state index >= 15 is 0 Å². The summed E-state index contributed by atoms with van der Waals surface area (Å²) < 4.78 is 0. The second-order valence-electron chi connectivity index (χ2n) is 4.36. The zero-order valence-electron chi connectivity index (χ0n) is 9.47. The number of amides is 1. The molecule has 3 nitrogen and oxygen atoms in total. The summed E-state index contributed by atoms with van der Waals surface area (Å²) in [5.74, 6) is -0.00532. The largest absolute Gasteiger partial charge is 0.391 e. The summed E-state index contributed by atoms with van der Waals surface area (Å²) in [6.45, 7) is 3.08. The van der Waals surface area contributed by atoms with Crippen LogP contribution in [0.5, 0.6) is 0 Å². The molecule has 16 heavy (non-hydrogen) atoms. The van der Waals surface area contributed by atoms with Crippen LogP contribution in [0.2, 0.25) is 0 Å².